The molecule has 0 fully saturated rings. The van der Waals surface area contributed by atoms with E-state index in [0.717, 1.165) is 30.2 Å². The number of aromatic nitrogens is 2. The minimum absolute atomic E-state index is 0.627. The van der Waals surface area contributed by atoms with Crippen LogP contribution in [0.3, 0.4) is 0 Å². The number of anilines is 1. The summed E-state index contributed by atoms with van der Waals surface area (Å²) in [7, 11) is 3.71. The van der Waals surface area contributed by atoms with Gasteiger partial charge in [0.2, 0.25) is 0 Å². The Morgan fingerprint density at radius 2 is 2.26 bits per heavy atom. The van der Waals surface area contributed by atoms with E-state index in [1.54, 1.807) is 7.11 Å². The molecular weight excluding hydrogens is 240 g/mol. The highest BCUT2D eigenvalue weighted by Gasteiger charge is 2.05. The quantitative estimate of drug-likeness (QED) is 0.855. The third-order valence-corrected chi connectivity index (χ3v) is 2.97. The van der Waals surface area contributed by atoms with Crippen LogP contribution in [0, 0.1) is 0 Å². The average molecular weight is 260 g/mol. The number of rotatable bonds is 6. The second-order valence-electron chi connectivity index (χ2n) is 4.45. The summed E-state index contributed by atoms with van der Waals surface area (Å²) in [5.41, 5.74) is 7.65. The van der Waals surface area contributed by atoms with Crippen LogP contribution in [0.4, 0.5) is 5.69 Å². The number of nitrogens with zero attached hydrogens (tertiary/aromatic N) is 3. The standard InChI is InChI=1S/C14H20N4O/c1-17(13-4-3-5-14(8-13)19-2)9-12-10-18(7-6-15)11-16-12/h3-5,8,10-11H,6-7,9,15H2,1-2H3. The second-order valence-corrected chi connectivity index (χ2v) is 4.45. The fourth-order valence-electron chi connectivity index (χ4n) is 1.94. The number of imidazole rings is 1. The highest BCUT2D eigenvalue weighted by molar-refractivity contribution is 5.50. The van der Waals surface area contributed by atoms with Gasteiger partial charge in [-0.3, -0.25) is 0 Å². The lowest BCUT2D eigenvalue weighted by atomic mass is 10.2. The Kier molecular flexibility index (Phi) is 4.41. The van der Waals surface area contributed by atoms with Gasteiger partial charge < -0.3 is 19.9 Å². The first-order chi connectivity index (χ1) is 9.22. The van der Waals surface area contributed by atoms with E-state index in [-0.39, 0.29) is 0 Å². The highest BCUT2D eigenvalue weighted by Crippen LogP contribution is 2.20. The molecule has 102 valence electrons. The van der Waals surface area contributed by atoms with Crippen LogP contribution in [0.5, 0.6) is 5.75 Å². The van der Waals surface area contributed by atoms with Crippen molar-refractivity contribution in [3.8, 4) is 5.75 Å². The van der Waals surface area contributed by atoms with Crippen LogP contribution >= 0.6 is 0 Å². The van der Waals surface area contributed by atoms with Crippen molar-refractivity contribution in [2.45, 2.75) is 13.1 Å². The first-order valence-electron chi connectivity index (χ1n) is 6.29. The molecule has 0 aliphatic carbocycles. The molecule has 1 aromatic carbocycles. The minimum atomic E-state index is 0.627. The predicted molar refractivity (Wildman–Crippen MR) is 76.4 cm³/mol. The van der Waals surface area contributed by atoms with Crippen molar-refractivity contribution in [1.29, 1.82) is 0 Å². The lowest BCUT2D eigenvalue weighted by molar-refractivity contribution is 0.415. The topological polar surface area (TPSA) is 56.3 Å². The maximum Gasteiger partial charge on any atom is 0.120 e. The van der Waals surface area contributed by atoms with Crippen LogP contribution in [0.2, 0.25) is 0 Å². The molecule has 19 heavy (non-hydrogen) atoms. The van der Waals surface area contributed by atoms with Gasteiger partial charge in [-0.15, -0.1) is 0 Å². The largest absolute Gasteiger partial charge is 0.497 e. The van der Waals surface area contributed by atoms with Crippen LogP contribution < -0.4 is 15.4 Å². The molecule has 0 bridgehead atoms. The summed E-state index contributed by atoms with van der Waals surface area (Å²) in [6.07, 6.45) is 3.85. The Labute approximate surface area is 113 Å². The molecule has 2 aromatic rings. The van der Waals surface area contributed by atoms with Gasteiger partial charge in [0.15, 0.2) is 0 Å². The van der Waals surface area contributed by atoms with E-state index in [9.17, 15) is 0 Å². The number of benzene rings is 1. The van der Waals surface area contributed by atoms with Crippen molar-refractivity contribution in [2.24, 2.45) is 5.73 Å². The molecule has 2 N–H and O–H groups in total. The summed E-state index contributed by atoms with van der Waals surface area (Å²) in [6, 6.07) is 7.99. The molecule has 0 atom stereocenters. The SMILES string of the molecule is COc1cccc(N(C)Cc2cn(CCN)cn2)c1. The summed E-state index contributed by atoms with van der Waals surface area (Å²) in [4.78, 5) is 6.51. The van der Waals surface area contributed by atoms with Gasteiger partial charge in [0, 0.05) is 38.1 Å². The number of methoxy groups -OCH3 is 1. The molecule has 0 aliphatic rings. The molecule has 1 aromatic heterocycles. The lowest BCUT2D eigenvalue weighted by Crippen LogP contribution is -2.16. The molecule has 0 spiro atoms. The lowest BCUT2D eigenvalue weighted by Gasteiger charge is -2.18. The third kappa shape index (κ3) is 3.48. The molecule has 2 rings (SSSR count). The minimum Gasteiger partial charge on any atom is -0.497 e. The highest BCUT2D eigenvalue weighted by atomic mass is 16.5. The number of nitrogens with two attached hydrogens (primary N) is 1. The summed E-state index contributed by atoms with van der Waals surface area (Å²) in [5.74, 6) is 0.859. The van der Waals surface area contributed by atoms with Gasteiger partial charge in [-0.25, -0.2) is 4.98 Å². The van der Waals surface area contributed by atoms with Crippen molar-refractivity contribution in [2.75, 3.05) is 25.6 Å². The Balaban J connectivity index is 2.04. The van der Waals surface area contributed by atoms with Crippen LogP contribution in [0.1, 0.15) is 5.69 Å². The van der Waals surface area contributed by atoms with Gasteiger partial charge >= 0.3 is 0 Å². The van der Waals surface area contributed by atoms with E-state index in [2.05, 4.69) is 16.0 Å². The molecule has 5 nitrogen and oxygen atoms in total. The zero-order chi connectivity index (χ0) is 13.7. The predicted octanol–water partition coefficient (Wildman–Crippen LogP) is 1.49. The Bertz CT molecular complexity index is 524. The first kappa shape index (κ1) is 13.4. The van der Waals surface area contributed by atoms with Gasteiger partial charge in [0.25, 0.3) is 0 Å². The van der Waals surface area contributed by atoms with Crippen molar-refractivity contribution < 1.29 is 4.74 Å². The second kappa shape index (κ2) is 6.24. The van der Waals surface area contributed by atoms with Crippen LogP contribution in [0.15, 0.2) is 36.8 Å². The molecule has 0 radical (unpaired) electrons. The summed E-state index contributed by atoms with van der Waals surface area (Å²) >= 11 is 0. The maximum absolute atomic E-state index is 5.52. The fourth-order valence-corrected chi connectivity index (χ4v) is 1.94. The number of hydrogen-bond acceptors (Lipinski definition) is 4. The van der Waals surface area contributed by atoms with E-state index >= 15 is 0 Å². The molecule has 0 unspecified atom stereocenters. The van der Waals surface area contributed by atoms with E-state index in [0.29, 0.717) is 6.54 Å². The third-order valence-electron chi connectivity index (χ3n) is 2.97. The normalized spacial score (nSPS) is 10.5. The van der Waals surface area contributed by atoms with Crippen molar-refractivity contribution in [1.82, 2.24) is 9.55 Å². The van der Waals surface area contributed by atoms with Crippen molar-refractivity contribution in [3.05, 3.63) is 42.5 Å². The van der Waals surface area contributed by atoms with Crippen molar-refractivity contribution >= 4 is 5.69 Å². The summed E-state index contributed by atoms with van der Waals surface area (Å²) in [6.45, 7) is 2.18. The average Bonchev–Trinajstić information content (AvgIpc) is 2.86. The van der Waals surface area contributed by atoms with Gasteiger partial charge in [-0.2, -0.15) is 0 Å². The monoisotopic (exact) mass is 260 g/mol. The van der Waals surface area contributed by atoms with E-state index in [4.69, 9.17) is 10.5 Å². The van der Waals surface area contributed by atoms with Crippen LogP contribution in [0.25, 0.3) is 0 Å². The van der Waals surface area contributed by atoms with Crippen molar-refractivity contribution in [3.63, 3.8) is 0 Å². The number of ether oxygens (including phenoxy) is 1. The Morgan fingerprint density at radius 3 is 3.00 bits per heavy atom. The molecule has 1 heterocycles. The summed E-state index contributed by atoms with van der Waals surface area (Å²) in [5, 5.41) is 0. The molecule has 0 amide bonds. The molecule has 0 aliphatic heterocycles. The summed E-state index contributed by atoms with van der Waals surface area (Å²) < 4.78 is 7.24. The van der Waals surface area contributed by atoms with Crippen LogP contribution in [-0.4, -0.2) is 30.3 Å². The van der Waals surface area contributed by atoms with Gasteiger partial charge in [-0.1, -0.05) is 6.07 Å². The van der Waals surface area contributed by atoms with E-state index in [1.807, 2.05) is 42.3 Å². The maximum atomic E-state index is 5.52. The first-order valence-corrected chi connectivity index (χ1v) is 6.29. The van der Waals surface area contributed by atoms with Crippen LogP contribution in [-0.2, 0) is 13.1 Å². The van der Waals surface area contributed by atoms with E-state index in [1.165, 1.54) is 0 Å². The Morgan fingerprint density at radius 1 is 1.42 bits per heavy atom. The van der Waals surface area contributed by atoms with E-state index < -0.39 is 0 Å². The smallest absolute Gasteiger partial charge is 0.120 e. The Hall–Kier alpha value is -2.01. The van der Waals surface area contributed by atoms with Gasteiger partial charge in [0.1, 0.15) is 5.75 Å². The zero-order valence-corrected chi connectivity index (χ0v) is 11.4. The molecular formula is C14H20N4O. The fraction of sp³-hybridized carbons (Fsp3) is 0.357. The molecule has 5 heteroatoms. The number of hydrogen-bond donors (Lipinski definition) is 1. The van der Waals surface area contributed by atoms with Gasteiger partial charge in [-0.05, 0) is 12.1 Å². The van der Waals surface area contributed by atoms with Gasteiger partial charge in [0.05, 0.1) is 25.7 Å². The molecule has 0 saturated heterocycles. The molecule has 0 saturated carbocycles. The zero-order valence-electron chi connectivity index (χ0n) is 11.4.